The van der Waals surface area contributed by atoms with Crippen LogP contribution in [0.15, 0.2) is 41.3 Å². The van der Waals surface area contributed by atoms with Gasteiger partial charge in [-0.15, -0.1) is 0 Å². The first-order chi connectivity index (χ1) is 12.0. The normalized spacial score (nSPS) is 18.0. The summed E-state index contributed by atoms with van der Waals surface area (Å²) < 4.78 is 17.9. The van der Waals surface area contributed by atoms with Gasteiger partial charge in [0.05, 0.1) is 0 Å². The second kappa shape index (κ2) is 8.62. The topological polar surface area (TPSA) is 76.0 Å². The van der Waals surface area contributed by atoms with Crippen LogP contribution in [-0.4, -0.2) is 35.8 Å². The molecule has 0 bridgehead atoms. The van der Waals surface area contributed by atoms with Gasteiger partial charge in [0.2, 0.25) is 5.91 Å². The number of amides is 2. The standard InChI is InChI=1S/C17H18FN2O4P/c1-11(25-2)15-10-24-17(22)20(15)16(21)5-3-4-14(19-23)12-6-8-13(18)9-7-12/h6-9,14-15H,1-5,10H2. The molecule has 1 heterocycles. The predicted octanol–water partition coefficient (Wildman–Crippen LogP) is 4.04. The van der Waals surface area contributed by atoms with Gasteiger partial charge in [0.1, 0.15) is 24.5 Å². The number of carbonyl (C=O) groups excluding carboxylic acids is 2. The molecule has 0 saturated carbocycles. The summed E-state index contributed by atoms with van der Waals surface area (Å²) in [5.74, 6) is -0.784. The SMILES string of the molecule is C=PC(=C)C1COC(=O)N1C(=O)CCCC(N=O)c1ccc(F)cc1. The van der Waals surface area contributed by atoms with E-state index in [-0.39, 0.29) is 18.9 Å². The zero-order valence-electron chi connectivity index (χ0n) is 13.6. The number of carbonyl (C=O) groups is 2. The lowest BCUT2D eigenvalue weighted by Gasteiger charge is -2.19. The van der Waals surface area contributed by atoms with Crippen LogP contribution in [0.2, 0.25) is 0 Å². The van der Waals surface area contributed by atoms with Crippen LogP contribution >= 0.6 is 8.20 Å². The van der Waals surface area contributed by atoms with Crippen LogP contribution in [0.3, 0.4) is 0 Å². The Kier molecular flexibility index (Phi) is 6.53. The average Bonchev–Trinajstić information content (AvgIpc) is 3.00. The highest BCUT2D eigenvalue weighted by atomic mass is 31.1. The predicted molar refractivity (Wildman–Crippen MR) is 94.0 cm³/mol. The fourth-order valence-corrected chi connectivity index (χ4v) is 2.98. The van der Waals surface area contributed by atoms with Crippen molar-refractivity contribution in [2.45, 2.75) is 31.3 Å². The van der Waals surface area contributed by atoms with E-state index in [0.29, 0.717) is 31.9 Å². The summed E-state index contributed by atoms with van der Waals surface area (Å²) in [6.07, 6.45) is 3.74. The third kappa shape index (κ3) is 4.57. The summed E-state index contributed by atoms with van der Waals surface area (Å²) in [4.78, 5) is 36.2. The highest BCUT2D eigenvalue weighted by Crippen LogP contribution is 2.27. The van der Waals surface area contributed by atoms with Crippen molar-refractivity contribution in [2.24, 2.45) is 5.18 Å². The van der Waals surface area contributed by atoms with E-state index < -0.39 is 24.0 Å². The Bertz CT molecular complexity index is 692. The fourth-order valence-electron chi connectivity index (χ4n) is 2.58. The van der Waals surface area contributed by atoms with Crippen molar-refractivity contribution in [1.82, 2.24) is 4.90 Å². The summed E-state index contributed by atoms with van der Waals surface area (Å²) in [6.45, 7) is 3.89. The Morgan fingerprint density at radius 1 is 1.44 bits per heavy atom. The molecule has 1 aliphatic rings. The van der Waals surface area contributed by atoms with E-state index in [1.165, 1.54) is 24.3 Å². The van der Waals surface area contributed by atoms with Crippen molar-refractivity contribution in [2.75, 3.05) is 6.61 Å². The van der Waals surface area contributed by atoms with E-state index in [9.17, 15) is 18.9 Å². The van der Waals surface area contributed by atoms with E-state index in [0.717, 1.165) is 4.90 Å². The number of benzene rings is 1. The second-order valence-electron chi connectivity index (χ2n) is 5.57. The summed E-state index contributed by atoms with van der Waals surface area (Å²) in [5, 5.41) is 3.66. The Balaban J connectivity index is 1.93. The zero-order valence-corrected chi connectivity index (χ0v) is 14.5. The average molecular weight is 364 g/mol. The minimum Gasteiger partial charge on any atom is -0.446 e. The van der Waals surface area contributed by atoms with Crippen LogP contribution in [0.4, 0.5) is 9.18 Å². The Hall–Kier alpha value is -2.40. The molecular weight excluding hydrogens is 346 g/mol. The smallest absolute Gasteiger partial charge is 0.417 e. The number of halogens is 1. The van der Waals surface area contributed by atoms with Gasteiger partial charge in [-0.1, -0.05) is 38.4 Å². The molecule has 0 spiro atoms. The van der Waals surface area contributed by atoms with Crippen LogP contribution in [0, 0.1) is 10.7 Å². The molecule has 2 atom stereocenters. The molecule has 1 fully saturated rings. The lowest BCUT2D eigenvalue weighted by molar-refractivity contribution is -0.128. The molecule has 1 aliphatic heterocycles. The minimum atomic E-state index is -0.691. The molecule has 2 rings (SSSR count). The second-order valence-corrected chi connectivity index (χ2v) is 6.46. The van der Waals surface area contributed by atoms with Gasteiger partial charge >= 0.3 is 6.09 Å². The zero-order chi connectivity index (χ0) is 18.4. The molecule has 1 saturated heterocycles. The maximum atomic E-state index is 12.9. The van der Waals surface area contributed by atoms with Gasteiger partial charge in [-0.2, -0.15) is 4.91 Å². The van der Waals surface area contributed by atoms with Gasteiger partial charge in [0, 0.05) is 6.42 Å². The van der Waals surface area contributed by atoms with E-state index in [4.69, 9.17) is 4.74 Å². The third-order valence-electron chi connectivity index (χ3n) is 3.98. The molecule has 1 aromatic rings. The van der Waals surface area contributed by atoms with Crippen molar-refractivity contribution >= 4 is 26.5 Å². The molecule has 25 heavy (non-hydrogen) atoms. The number of imide groups is 1. The molecular formula is C17H18FN2O4P. The van der Waals surface area contributed by atoms with Crippen LogP contribution in [0.1, 0.15) is 30.9 Å². The minimum absolute atomic E-state index is 0.0696. The van der Waals surface area contributed by atoms with E-state index in [1.807, 2.05) is 0 Å². The molecule has 132 valence electrons. The Morgan fingerprint density at radius 2 is 2.12 bits per heavy atom. The van der Waals surface area contributed by atoms with Crippen molar-refractivity contribution in [3.05, 3.63) is 52.4 Å². The van der Waals surface area contributed by atoms with Gasteiger partial charge in [0.25, 0.3) is 0 Å². The summed E-state index contributed by atoms with van der Waals surface area (Å²) in [6, 6.07) is 4.34. The van der Waals surface area contributed by atoms with Crippen LogP contribution in [0.5, 0.6) is 0 Å². The largest absolute Gasteiger partial charge is 0.446 e. The highest BCUT2D eigenvalue weighted by molar-refractivity contribution is 7.41. The van der Waals surface area contributed by atoms with Gasteiger partial charge in [0.15, 0.2) is 0 Å². The van der Waals surface area contributed by atoms with E-state index >= 15 is 0 Å². The van der Waals surface area contributed by atoms with Gasteiger partial charge < -0.3 is 4.74 Å². The first kappa shape index (κ1) is 18.9. The van der Waals surface area contributed by atoms with Gasteiger partial charge in [-0.05, 0) is 35.9 Å². The van der Waals surface area contributed by atoms with Gasteiger partial charge in [-0.3, -0.25) is 4.79 Å². The molecule has 0 radical (unpaired) electrons. The summed E-state index contributed by atoms with van der Waals surface area (Å²) in [5.41, 5.74) is 0.589. The first-order valence-electron chi connectivity index (χ1n) is 7.70. The molecule has 2 unspecified atom stereocenters. The summed E-state index contributed by atoms with van der Waals surface area (Å²) in [7, 11) is 0.637. The van der Waals surface area contributed by atoms with Crippen LogP contribution < -0.4 is 0 Å². The number of rotatable bonds is 8. The number of hydrogen-bond acceptors (Lipinski definition) is 5. The quantitative estimate of drug-likeness (QED) is 0.515. The fraction of sp³-hybridized carbons (Fsp3) is 0.353. The van der Waals surface area contributed by atoms with Crippen molar-refractivity contribution in [3.8, 4) is 0 Å². The van der Waals surface area contributed by atoms with Crippen molar-refractivity contribution in [3.63, 3.8) is 0 Å². The molecule has 0 aromatic heterocycles. The third-order valence-corrected chi connectivity index (χ3v) is 4.68. The van der Waals surface area contributed by atoms with E-state index in [2.05, 4.69) is 18.1 Å². The van der Waals surface area contributed by atoms with Crippen molar-refractivity contribution < 1.29 is 18.7 Å². The number of nitrogens with zero attached hydrogens (tertiary/aromatic N) is 2. The number of hydrogen-bond donors (Lipinski definition) is 0. The first-order valence-corrected chi connectivity index (χ1v) is 8.78. The van der Waals surface area contributed by atoms with Crippen LogP contribution in [0.25, 0.3) is 0 Å². The number of cyclic esters (lactones) is 1. The highest BCUT2D eigenvalue weighted by Gasteiger charge is 2.38. The monoisotopic (exact) mass is 364 g/mol. The summed E-state index contributed by atoms with van der Waals surface area (Å²) >= 11 is 0. The Morgan fingerprint density at radius 3 is 2.72 bits per heavy atom. The van der Waals surface area contributed by atoms with Gasteiger partial charge in [-0.25, -0.2) is 14.1 Å². The lowest BCUT2D eigenvalue weighted by atomic mass is 10.0. The number of nitroso groups, excluding NO2 is 1. The lowest BCUT2D eigenvalue weighted by Crippen LogP contribution is -2.39. The van der Waals surface area contributed by atoms with Crippen LogP contribution in [-0.2, 0) is 9.53 Å². The molecule has 1 aromatic carbocycles. The maximum Gasteiger partial charge on any atom is 0.417 e. The van der Waals surface area contributed by atoms with E-state index in [1.54, 1.807) is 0 Å². The Labute approximate surface area is 146 Å². The molecule has 2 amide bonds. The molecule has 0 aliphatic carbocycles. The van der Waals surface area contributed by atoms with Crippen molar-refractivity contribution in [1.29, 1.82) is 0 Å². The maximum absolute atomic E-state index is 12.9. The molecule has 8 heteroatoms. The molecule has 6 nitrogen and oxygen atoms in total. The molecule has 0 N–H and O–H groups in total. The number of ether oxygens (including phenoxy) is 1.